The number of hydrogen-bond donors (Lipinski definition) is 0. The molecule has 3 rings (SSSR count). The lowest BCUT2D eigenvalue weighted by Gasteiger charge is -2.35. The fraction of sp³-hybridized carbons (Fsp3) is 0.250. The van der Waals surface area contributed by atoms with E-state index in [0.29, 0.717) is 35.1 Å². The van der Waals surface area contributed by atoms with Crippen molar-refractivity contribution in [1.82, 2.24) is 0 Å². The first-order valence-electron chi connectivity index (χ1n) is 7.15. The number of para-hydroxylation sites is 1. The van der Waals surface area contributed by atoms with Crippen LogP contribution in [0.2, 0.25) is 5.02 Å². The number of thioether (sulfide) groups is 1. The van der Waals surface area contributed by atoms with Crippen LogP contribution in [-0.2, 0) is 10.0 Å². The highest BCUT2D eigenvalue weighted by atomic mass is 35.5. The van der Waals surface area contributed by atoms with Gasteiger partial charge in [0.25, 0.3) is 10.0 Å². The molecule has 1 aliphatic rings. The third-order valence-corrected chi connectivity index (χ3v) is 7.98. The minimum absolute atomic E-state index is 0.450. The SMILES string of the molecule is O=S1(=O)C(CCCCl)Sc2ccccc2N1c1cccc(Cl)c1. The minimum Gasteiger partial charge on any atom is -0.236 e. The largest absolute Gasteiger partial charge is 0.252 e. The van der Waals surface area contributed by atoms with Gasteiger partial charge in [0.2, 0.25) is 0 Å². The van der Waals surface area contributed by atoms with Gasteiger partial charge in [-0.15, -0.1) is 23.4 Å². The number of fused-ring (bicyclic) bond motifs is 1. The first-order valence-corrected chi connectivity index (χ1v) is 10.4. The number of sulfonamides is 1. The van der Waals surface area contributed by atoms with Crippen molar-refractivity contribution in [2.75, 3.05) is 10.2 Å². The van der Waals surface area contributed by atoms with E-state index in [9.17, 15) is 8.42 Å². The molecule has 1 heterocycles. The summed E-state index contributed by atoms with van der Waals surface area (Å²) in [5.74, 6) is 0.450. The molecule has 0 saturated carbocycles. The van der Waals surface area contributed by atoms with Gasteiger partial charge < -0.3 is 0 Å². The molecule has 0 N–H and O–H groups in total. The summed E-state index contributed by atoms with van der Waals surface area (Å²) in [6.45, 7) is 0. The van der Waals surface area contributed by atoms with Crippen LogP contribution < -0.4 is 4.31 Å². The van der Waals surface area contributed by atoms with E-state index in [1.165, 1.54) is 16.1 Å². The number of alkyl halides is 1. The third-order valence-electron chi connectivity index (χ3n) is 3.55. The average Bonchev–Trinajstić information content (AvgIpc) is 2.52. The molecule has 0 spiro atoms. The summed E-state index contributed by atoms with van der Waals surface area (Å²) in [5.41, 5.74) is 1.23. The number of benzene rings is 2. The molecule has 0 aromatic heterocycles. The van der Waals surface area contributed by atoms with Crippen LogP contribution in [0.15, 0.2) is 53.4 Å². The van der Waals surface area contributed by atoms with Gasteiger partial charge in [-0.05, 0) is 43.2 Å². The first kappa shape index (κ1) is 17.0. The van der Waals surface area contributed by atoms with Gasteiger partial charge in [-0.1, -0.05) is 29.8 Å². The van der Waals surface area contributed by atoms with Gasteiger partial charge >= 0.3 is 0 Å². The van der Waals surface area contributed by atoms with Crippen molar-refractivity contribution in [3.8, 4) is 0 Å². The summed E-state index contributed by atoms with van der Waals surface area (Å²) < 4.78 is 27.1. The molecule has 3 nitrogen and oxygen atoms in total. The maximum Gasteiger partial charge on any atom is 0.252 e. The summed E-state index contributed by atoms with van der Waals surface area (Å²) in [6.07, 6.45) is 1.17. The molecule has 0 amide bonds. The Balaban J connectivity index is 2.14. The second-order valence-corrected chi connectivity index (χ2v) is 9.46. The molecule has 2 aromatic carbocycles. The molecule has 122 valence electrons. The van der Waals surface area contributed by atoms with E-state index in [1.807, 2.05) is 24.3 Å². The molecule has 0 saturated heterocycles. The molecule has 1 unspecified atom stereocenters. The highest BCUT2D eigenvalue weighted by Gasteiger charge is 2.39. The molecule has 23 heavy (non-hydrogen) atoms. The van der Waals surface area contributed by atoms with E-state index in [2.05, 4.69) is 0 Å². The van der Waals surface area contributed by atoms with Gasteiger partial charge in [-0.3, -0.25) is 0 Å². The van der Waals surface area contributed by atoms with Gasteiger partial charge in [0.15, 0.2) is 0 Å². The molecule has 1 atom stereocenters. The molecular weight excluding hydrogens is 373 g/mol. The Kier molecular flexibility index (Phi) is 5.11. The summed E-state index contributed by atoms with van der Waals surface area (Å²) in [6, 6.07) is 14.4. The van der Waals surface area contributed by atoms with Crippen LogP contribution in [0.4, 0.5) is 11.4 Å². The van der Waals surface area contributed by atoms with E-state index >= 15 is 0 Å². The number of halogens is 2. The zero-order valence-electron chi connectivity index (χ0n) is 12.2. The van der Waals surface area contributed by atoms with E-state index in [4.69, 9.17) is 23.2 Å². The Hall–Kier alpha value is -0.880. The molecule has 2 aromatic rings. The topological polar surface area (TPSA) is 37.4 Å². The fourth-order valence-corrected chi connectivity index (χ4v) is 6.52. The van der Waals surface area contributed by atoms with Crippen molar-refractivity contribution in [3.05, 3.63) is 53.6 Å². The summed E-state index contributed by atoms with van der Waals surface area (Å²) in [5, 5.41) is 0.505. The van der Waals surface area contributed by atoms with Gasteiger partial charge in [0.05, 0.1) is 11.4 Å². The van der Waals surface area contributed by atoms with Crippen LogP contribution >= 0.6 is 35.0 Å². The standard InChI is InChI=1S/C16H15Cl2NO2S2/c17-10-4-9-16-22-15-8-2-1-7-14(15)19(23(16,20)21)13-6-3-5-12(18)11-13/h1-3,5-8,11,16H,4,9-10H2. The predicted octanol–water partition coefficient (Wildman–Crippen LogP) is 5.26. The molecule has 0 bridgehead atoms. The van der Waals surface area contributed by atoms with Crippen LogP contribution in [0.3, 0.4) is 0 Å². The molecule has 1 aliphatic heterocycles. The normalized spacial score (nSPS) is 19.4. The number of anilines is 2. The van der Waals surface area contributed by atoms with Crippen LogP contribution in [-0.4, -0.2) is 18.9 Å². The van der Waals surface area contributed by atoms with Gasteiger partial charge in [-0.25, -0.2) is 12.7 Å². The summed E-state index contributed by atoms with van der Waals surface area (Å²) in [7, 11) is -3.54. The Labute approximate surface area is 150 Å². The monoisotopic (exact) mass is 387 g/mol. The maximum atomic E-state index is 13.1. The van der Waals surface area contributed by atoms with E-state index in [-0.39, 0.29) is 0 Å². The predicted molar refractivity (Wildman–Crippen MR) is 98.6 cm³/mol. The fourth-order valence-electron chi connectivity index (χ4n) is 2.52. The van der Waals surface area contributed by atoms with Crippen molar-refractivity contribution in [3.63, 3.8) is 0 Å². The van der Waals surface area contributed by atoms with Crippen molar-refractivity contribution in [2.45, 2.75) is 22.3 Å². The molecule has 0 radical (unpaired) electrons. The first-order chi connectivity index (χ1) is 11.0. The van der Waals surface area contributed by atoms with Crippen molar-refractivity contribution in [1.29, 1.82) is 0 Å². The highest BCUT2D eigenvalue weighted by molar-refractivity contribution is 8.14. The lowest BCUT2D eigenvalue weighted by molar-refractivity contribution is 0.588. The van der Waals surface area contributed by atoms with Crippen LogP contribution in [0.5, 0.6) is 0 Å². The van der Waals surface area contributed by atoms with Crippen LogP contribution in [0.25, 0.3) is 0 Å². The molecular formula is C16H15Cl2NO2S2. The molecule has 0 aliphatic carbocycles. The number of rotatable bonds is 4. The average molecular weight is 388 g/mol. The minimum atomic E-state index is -3.54. The van der Waals surface area contributed by atoms with Crippen LogP contribution in [0.1, 0.15) is 12.8 Å². The Morgan fingerprint density at radius 1 is 1.13 bits per heavy atom. The van der Waals surface area contributed by atoms with Crippen molar-refractivity contribution in [2.24, 2.45) is 0 Å². The maximum absolute atomic E-state index is 13.1. The zero-order valence-corrected chi connectivity index (χ0v) is 15.3. The molecule has 7 heteroatoms. The Morgan fingerprint density at radius 2 is 1.91 bits per heavy atom. The molecule has 0 fully saturated rings. The Morgan fingerprint density at radius 3 is 2.65 bits per heavy atom. The second-order valence-electron chi connectivity index (χ2n) is 5.14. The lowest BCUT2D eigenvalue weighted by atomic mass is 10.2. The van der Waals surface area contributed by atoms with E-state index in [0.717, 1.165) is 4.90 Å². The van der Waals surface area contributed by atoms with Gasteiger partial charge in [0.1, 0.15) is 4.58 Å². The quantitative estimate of drug-likeness (QED) is 0.671. The van der Waals surface area contributed by atoms with Crippen molar-refractivity contribution >= 4 is 56.4 Å². The highest BCUT2D eigenvalue weighted by Crippen LogP contribution is 2.47. The summed E-state index contributed by atoms with van der Waals surface area (Å²) >= 11 is 13.2. The van der Waals surface area contributed by atoms with Gasteiger partial charge in [0, 0.05) is 15.8 Å². The number of hydrogen-bond acceptors (Lipinski definition) is 3. The Bertz CT molecular complexity index is 811. The van der Waals surface area contributed by atoms with Crippen molar-refractivity contribution < 1.29 is 8.42 Å². The smallest absolute Gasteiger partial charge is 0.236 e. The second kappa shape index (κ2) is 6.93. The lowest BCUT2D eigenvalue weighted by Crippen LogP contribution is -2.37. The van der Waals surface area contributed by atoms with Gasteiger partial charge in [-0.2, -0.15) is 0 Å². The van der Waals surface area contributed by atoms with E-state index in [1.54, 1.807) is 24.3 Å². The summed E-state index contributed by atoms with van der Waals surface area (Å²) in [4.78, 5) is 0.946. The third kappa shape index (κ3) is 3.33. The number of nitrogens with zero attached hydrogens (tertiary/aromatic N) is 1. The zero-order chi connectivity index (χ0) is 16.4. The van der Waals surface area contributed by atoms with E-state index < -0.39 is 14.6 Å². The van der Waals surface area contributed by atoms with Crippen LogP contribution in [0, 0.1) is 0 Å².